The molecule has 0 atom stereocenters. The Bertz CT molecular complexity index is 4260. The Kier molecular flexibility index (Phi) is 14.9. The van der Waals surface area contributed by atoms with Gasteiger partial charge in [0.05, 0.1) is 34.2 Å². The largest absolute Gasteiger partial charge is 0.255 e. The third kappa shape index (κ3) is 11.9. The lowest BCUT2D eigenvalue weighted by Crippen LogP contribution is -1.92. The molecule has 0 aliphatic carbocycles. The average molecular weight is 1070 g/mol. The molecule has 0 amide bonds. The Morgan fingerprint density at radius 1 is 0.167 bits per heavy atom. The van der Waals surface area contributed by atoms with Gasteiger partial charge in [-0.05, 0) is 194 Å². The molecule has 6 heteroatoms. The fourth-order valence-corrected chi connectivity index (χ4v) is 10.3. The molecule has 0 N–H and O–H groups in total. The Hall–Kier alpha value is -11.9. The fourth-order valence-electron chi connectivity index (χ4n) is 10.3. The maximum atomic E-state index is 4.56. The van der Waals surface area contributed by atoms with Gasteiger partial charge in [0.25, 0.3) is 0 Å². The molecule has 84 heavy (non-hydrogen) atoms. The first-order chi connectivity index (χ1) is 41.6. The second-order valence-corrected chi connectivity index (χ2v) is 19.9. The van der Waals surface area contributed by atoms with E-state index in [0.717, 1.165) is 134 Å². The number of rotatable bonds is 9. The molecule has 13 aromatic rings. The Balaban J connectivity index is 0.899. The van der Waals surface area contributed by atoms with Crippen LogP contribution in [0.25, 0.3) is 101 Å². The molecule has 0 aliphatic heterocycles. The van der Waals surface area contributed by atoms with E-state index in [9.17, 15) is 0 Å². The molecule has 6 aromatic heterocycles. The monoisotopic (exact) mass is 1070 g/mol. The zero-order chi connectivity index (χ0) is 56.3. The highest BCUT2D eigenvalue weighted by Gasteiger charge is 2.17. The van der Waals surface area contributed by atoms with Gasteiger partial charge in [-0.3, -0.25) is 29.9 Å². The van der Waals surface area contributed by atoms with Crippen LogP contribution in [0.2, 0.25) is 0 Å². The summed E-state index contributed by atoms with van der Waals surface area (Å²) in [6, 6.07) is 87.6. The molecule has 13 rings (SSSR count). The van der Waals surface area contributed by atoms with Crippen molar-refractivity contribution in [2.24, 2.45) is 0 Å². The van der Waals surface area contributed by atoms with Crippen molar-refractivity contribution in [3.05, 3.63) is 325 Å². The van der Waals surface area contributed by atoms with Crippen molar-refractivity contribution in [2.45, 2.75) is 0 Å². The minimum Gasteiger partial charge on any atom is -0.255 e. The van der Waals surface area contributed by atoms with Crippen LogP contribution >= 0.6 is 0 Å². The highest BCUT2D eigenvalue weighted by Crippen LogP contribution is 2.42. The molecule has 0 fully saturated rings. The van der Waals surface area contributed by atoms with Gasteiger partial charge >= 0.3 is 0 Å². The number of hydrogen-bond donors (Lipinski definition) is 0. The summed E-state index contributed by atoms with van der Waals surface area (Å²) >= 11 is 0. The van der Waals surface area contributed by atoms with E-state index < -0.39 is 0 Å². The molecule has 7 aromatic carbocycles. The average Bonchev–Trinajstić information content (AvgIpc) is 3.76. The fraction of sp³-hybridized carbons (Fsp3) is 0. The number of aromatic nitrogens is 6. The molecule has 0 saturated heterocycles. The van der Waals surface area contributed by atoms with Crippen LogP contribution < -0.4 is 0 Å². The summed E-state index contributed by atoms with van der Waals surface area (Å²) in [5.41, 5.74) is 23.0. The van der Waals surface area contributed by atoms with Crippen molar-refractivity contribution in [1.29, 1.82) is 0 Å². The van der Waals surface area contributed by atoms with Crippen molar-refractivity contribution in [2.75, 3.05) is 0 Å². The van der Waals surface area contributed by atoms with E-state index in [1.54, 1.807) is 37.2 Å². The lowest BCUT2D eigenvalue weighted by Gasteiger charge is -2.18. The zero-order valence-electron chi connectivity index (χ0n) is 45.4. The van der Waals surface area contributed by atoms with Crippen molar-refractivity contribution in [3.63, 3.8) is 0 Å². The van der Waals surface area contributed by atoms with Gasteiger partial charge in [-0.25, -0.2) is 0 Å². The zero-order valence-corrected chi connectivity index (χ0v) is 45.4. The SMILES string of the molecule is C(#Cc1ccnc(-c2ccccn2)c1)c1cccc(-c2ccccc2-c2cc(-c3ccccc3-c3cccc(C#Cc4ccnc(-c5ccccn5)c4)c3)cc(-c3ccccc3-c3cccc(C#Cc4ccnc(-c5ccccn5)c4)c3)c2)c1. The van der Waals surface area contributed by atoms with Gasteiger partial charge in [0.1, 0.15) is 0 Å². The minimum absolute atomic E-state index is 0.781. The van der Waals surface area contributed by atoms with Crippen molar-refractivity contribution in [1.82, 2.24) is 29.9 Å². The van der Waals surface area contributed by atoms with E-state index >= 15 is 0 Å². The van der Waals surface area contributed by atoms with E-state index in [0.29, 0.717) is 0 Å². The van der Waals surface area contributed by atoms with E-state index in [1.165, 1.54) is 0 Å². The van der Waals surface area contributed by atoms with Gasteiger partial charge < -0.3 is 0 Å². The molecule has 390 valence electrons. The van der Waals surface area contributed by atoms with Crippen LogP contribution in [0.1, 0.15) is 33.4 Å². The molecule has 0 saturated carbocycles. The summed E-state index contributed by atoms with van der Waals surface area (Å²) in [5, 5.41) is 0. The Morgan fingerprint density at radius 3 is 0.690 bits per heavy atom. The van der Waals surface area contributed by atoms with Gasteiger partial charge in [-0.2, -0.15) is 0 Å². The maximum absolute atomic E-state index is 4.56. The van der Waals surface area contributed by atoms with E-state index in [2.05, 4.69) is 229 Å². The molecule has 0 spiro atoms. The van der Waals surface area contributed by atoms with Crippen molar-refractivity contribution < 1.29 is 0 Å². The second kappa shape index (κ2) is 24.2. The summed E-state index contributed by atoms with van der Waals surface area (Å²) in [6.07, 6.45) is 10.7. The Morgan fingerprint density at radius 2 is 0.417 bits per heavy atom. The number of nitrogens with zero attached hydrogens (tertiary/aromatic N) is 6. The van der Waals surface area contributed by atoms with E-state index in [1.807, 2.05) is 91.0 Å². The highest BCUT2D eigenvalue weighted by atomic mass is 14.8. The van der Waals surface area contributed by atoms with Crippen LogP contribution in [0.15, 0.2) is 292 Å². The second-order valence-electron chi connectivity index (χ2n) is 19.9. The number of hydrogen-bond acceptors (Lipinski definition) is 6. The topological polar surface area (TPSA) is 77.3 Å². The molecule has 6 heterocycles. The van der Waals surface area contributed by atoms with Gasteiger partial charge in [0.2, 0.25) is 0 Å². The van der Waals surface area contributed by atoms with Crippen molar-refractivity contribution in [3.8, 4) is 136 Å². The molecule has 0 aliphatic rings. The van der Waals surface area contributed by atoms with E-state index in [-0.39, 0.29) is 0 Å². The smallest absolute Gasteiger partial charge is 0.0898 e. The first-order valence-electron chi connectivity index (χ1n) is 27.5. The highest BCUT2D eigenvalue weighted by molar-refractivity contribution is 5.94. The first-order valence-corrected chi connectivity index (χ1v) is 27.5. The first kappa shape index (κ1) is 51.6. The predicted octanol–water partition coefficient (Wildman–Crippen LogP) is 17.3. The quantitative estimate of drug-likeness (QED) is 0.134. The van der Waals surface area contributed by atoms with E-state index in [4.69, 9.17) is 0 Å². The summed E-state index contributed by atoms with van der Waals surface area (Å²) in [4.78, 5) is 27.2. The summed E-state index contributed by atoms with van der Waals surface area (Å²) < 4.78 is 0. The molecule has 6 nitrogen and oxygen atoms in total. The van der Waals surface area contributed by atoms with Crippen LogP contribution in [-0.4, -0.2) is 29.9 Å². The molecule has 0 unspecified atom stereocenters. The van der Waals surface area contributed by atoms with Crippen LogP contribution in [0, 0.1) is 35.5 Å². The standard InChI is InChI=1S/C78H48N6/c1-4-25-70(67(22-1)61-19-13-16-55(46-61)31-34-58-37-43-82-76(49-58)73-28-7-10-40-79-73)64-52-65(71-26-5-2-23-68(71)62-20-14-17-56(47-62)32-35-59-38-44-83-77(50-59)74-29-8-11-41-80-74)54-66(53-64)72-27-6-3-24-69(72)63-21-15-18-57(48-63)33-36-60-39-45-84-78(51-60)75-30-9-12-42-81-75/h1-30,37-54H. The predicted molar refractivity (Wildman–Crippen MR) is 339 cm³/mol. The molecule has 0 radical (unpaired) electrons. The van der Waals surface area contributed by atoms with Crippen LogP contribution in [0.3, 0.4) is 0 Å². The van der Waals surface area contributed by atoms with Crippen molar-refractivity contribution >= 4 is 0 Å². The molecular formula is C78H48N6. The normalized spacial score (nSPS) is 10.6. The number of benzene rings is 7. The number of pyridine rings is 6. The van der Waals surface area contributed by atoms with Crippen LogP contribution in [-0.2, 0) is 0 Å². The maximum Gasteiger partial charge on any atom is 0.0898 e. The van der Waals surface area contributed by atoms with Crippen LogP contribution in [0.4, 0.5) is 0 Å². The van der Waals surface area contributed by atoms with Crippen LogP contribution in [0.5, 0.6) is 0 Å². The van der Waals surface area contributed by atoms with Gasteiger partial charge in [0, 0.05) is 70.6 Å². The molecule has 0 bridgehead atoms. The van der Waals surface area contributed by atoms with Gasteiger partial charge in [-0.1, -0.05) is 163 Å². The lowest BCUT2D eigenvalue weighted by atomic mass is 9.86. The van der Waals surface area contributed by atoms with Gasteiger partial charge in [0.15, 0.2) is 0 Å². The summed E-state index contributed by atoms with van der Waals surface area (Å²) in [5.74, 6) is 20.5. The summed E-state index contributed by atoms with van der Waals surface area (Å²) in [6.45, 7) is 0. The molecular weight excluding hydrogens is 1020 g/mol. The van der Waals surface area contributed by atoms with Gasteiger partial charge in [-0.15, -0.1) is 0 Å². The summed E-state index contributed by atoms with van der Waals surface area (Å²) in [7, 11) is 0. The third-order valence-electron chi connectivity index (χ3n) is 14.3. The Labute approximate surface area is 489 Å². The third-order valence-corrected chi connectivity index (χ3v) is 14.3. The lowest BCUT2D eigenvalue weighted by molar-refractivity contribution is 1.24. The minimum atomic E-state index is 0.781.